The van der Waals surface area contributed by atoms with Gasteiger partial charge in [0.15, 0.2) is 0 Å². The third kappa shape index (κ3) is 3.99. The molecule has 0 unspecified atom stereocenters. The molecule has 0 aromatic heterocycles. The van der Waals surface area contributed by atoms with Gasteiger partial charge in [0.25, 0.3) is 0 Å². The number of carbonyl (C=O) groups is 2. The predicted octanol–water partition coefficient (Wildman–Crippen LogP) is 3.25. The highest BCUT2D eigenvalue weighted by molar-refractivity contribution is 9.10. The summed E-state index contributed by atoms with van der Waals surface area (Å²) in [6.45, 7) is 1.65. The molecular formula is C14H16BrNO3S. The van der Waals surface area contributed by atoms with E-state index in [-0.39, 0.29) is 17.2 Å². The zero-order chi connectivity index (χ0) is 14.5. The van der Waals surface area contributed by atoms with Gasteiger partial charge >= 0.3 is 5.97 Å². The molecule has 0 saturated carbocycles. The van der Waals surface area contributed by atoms with Crippen LogP contribution < -0.4 is 0 Å². The highest BCUT2D eigenvalue weighted by atomic mass is 79.9. The fourth-order valence-corrected chi connectivity index (χ4v) is 3.66. The summed E-state index contributed by atoms with van der Waals surface area (Å²) < 4.78 is 0.815. The maximum Gasteiger partial charge on any atom is 0.336 e. The van der Waals surface area contributed by atoms with Gasteiger partial charge in [0.1, 0.15) is 0 Å². The summed E-state index contributed by atoms with van der Waals surface area (Å²) in [5, 5.41) is 9.15. The van der Waals surface area contributed by atoms with Crippen molar-refractivity contribution in [3.05, 3.63) is 28.2 Å². The van der Waals surface area contributed by atoms with Crippen molar-refractivity contribution < 1.29 is 14.7 Å². The molecule has 1 aliphatic heterocycles. The Morgan fingerprint density at radius 1 is 1.25 bits per heavy atom. The molecule has 0 spiro atoms. The Kier molecular flexibility index (Phi) is 5.48. The van der Waals surface area contributed by atoms with Crippen LogP contribution >= 0.6 is 27.7 Å². The average Bonchev–Trinajstić information content (AvgIpc) is 2.45. The Morgan fingerprint density at radius 3 is 2.60 bits per heavy atom. The normalized spacial score (nSPS) is 15.2. The lowest BCUT2D eigenvalue weighted by Gasteiger charge is -2.26. The molecule has 108 valence electrons. The molecule has 0 aliphatic carbocycles. The summed E-state index contributed by atoms with van der Waals surface area (Å²) in [5.41, 5.74) is 0.240. The fraction of sp³-hybridized carbons (Fsp3) is 0.429. The number of thioether (sulfide) groups is 1. The second-order valence-corrected chi connectivity index (χ2v) is 6.61. The summed E-state index contributed by atoms with van der Waals surface area (Å²) in [6, 6.07) is 5.00. The minimum atomic E-state index is -0.967. The number of carboxylic acid groups (broad SMARTS) is 1. The lowest BCUT2D eigenvalue weighted by Crippen LogP contribution is -2.36. The predicted molar refractivity (Wildman–Crippen MR) is 82.3 cm³/mol. The van der Waals surface area contributed by atoms with E-state index in [1.807, 2.05) is 4.90 Å². The molecule has 20 heavy (non-hydrogen) atoms. The van der Waals surface area contributed by atoms with Crippen LogP contribution in [-0.4, -0.2) is 40.7 Å². The number of carbonyl (C=O) groups excluding carboxylic acids is 1. The van der Waals surface area contributed by atoms with Gasteiger partial charge in [-0.3, -0.25) is 4.79 Å². The molecule has 0 radical (unpaired) electrons. The number of aromatic carboxylic acids is 1. The zero-order valence-corrected chi connectivity index (χ0v) is 13.4. The maximum atomic E-state index is 12.1. The average molecular weight is 358 g/mol. The molecular weight excluding hydrogens is 342 g/mol. The van der Waals surface area contributed by atoms with Crippen molar-refractivity contribution in [2.75, 3.05) is 18.8 Å². The van der Waals surface area contributed by atoms with Gasteiger partial charge in [-0.25, -0.2) is 4.79 Å². The molecule has 0 bridgehead atoms. The SMILES string of the molecule is O=C(O)c1ccc(Br)cc1SCC(=O)N1CCCCC1. The van der Waals surface area contributed by atoms with Crippen LogP contribution in [0.5, 0.6) is 0 Å². The topological polar surface area (TPSA) is 57.6 Å². The number of hydrogen-bond donors (Lipinski definition) is 1. The number of piperidine rings is 1. The highest BCUT2D eigenvalue weighted by Gasteiger charge is 2.18. The van der Waals surface area contributed by atoms with Crippen molar-refractivity contribution in [1.82, 2.24) is 4.90 Å². The summed E-state index contributed by atoms with van der Waals surface area (Å²) in [4.78, 5) is 25.7. The molecule has 1 fully saturated rings. The first kappa shape index (κ1) is 15.4. The van der Waals surface area contributed by atoms with Gasteiger partial charge in [-0.1, -0.05) is 15.9 Å². The minimum Gasteiger partial charge on any atom is -0.478 e. The van der Waals surface area contributed by atoms with Crippen LogP contribution in [0.15, 0.2) is 27.6 Å². The molecule has 4 nitrogen and oxygen atoms in total. The van der Waals surface area contributed by atoms with E-state index in [1.165, 1.54) is 18.2 Å². The van der Waals surface area contributed by atoms with Crippen LogP contribution in [0.3, 0.4) is 0 Å². The maximum absolute atomic E-state index is 12.1. The van der Waals surface area contributed by atoms with Gasteiger partial charge < -0.3 is 10.0 Å². The van der Waals surface area contributed by atoms with E-state index in [2.05, 4.69) is 15.9 Å². The molecule has 1 saturated heterocycles. The molecule has 1 amide bonds. The van der Waals surface area contributed by atoms with Crippen LogP contribution in [0.2, 0.25) is 0 Å². The van der Waals surface area contributed by atoms with E-state index >= 15 is 0 Å². The van der Waals surface area contributed by atoms with E-state index in [4.69, 9.17) is 5.11 Å². The fourth-order valence-electron chi connectivity index (χ4n) is 2.17. The number of amides is 1. The first-order chi connectivity index (χ1) is 9.58. The van der Waals surface area contributed by atoms with Crippen LogP contribution in [0.25, 0.3) is 0 Å². The number of halogens is 1. The van der Waals surface area contributed by atoms with Gasteiger partial charge in [0, 0.05) is 22.5 Å². The lowest BCUT2D eigenvalue weighted by atomic mass is 10.1. The largest absolute Gasteiger partial charge is 0.478 e. The van der Waals surface area contributed by atoms with E-state index in [0.29, 0.717) is 4.90 Å². The Hall–Kier alpha value is -1.01. The zero-order valence-electron chi connectivity index (χ0n) is 11.0. The Labute approximate surface area is 130 Å². The van der Waals surface area contributed by atoms with Gasteiger partial charge in [-0.05, 0) is 37.5 Å². The van der Waals surface area contributed by atoms with Crippen molar-refractivity contribution in [3.63, 3.8) is 0 Å². The molecule has 0 atom stereocenters. The smallest absolute Gasteiger partial charge is 0.336 e. The molecule has 1 N–H and O–H groups in total. The third-order valence-corrected chi connectivity index (χ3v) is 4.77. The van der Waals surface area contributed by atoms with Crippen LogP contribution in [0.4, 0.5) is 0 Å². The van der Waals surface area contributed by atoms with Crippen molar-refractivity contribution in [2.24, 2.45) is 0 Å². The summed E-state index contributed by atoms with van der Waals surface area (Å²) >= 11 is 4.62. The number of benzene rings is 1. The van der Waals surface area contributed by atoms with Crippen LogP contribution in [0.1, 0.15) is 29.6 Å². The quantitative estimate of drug-likeness (QED) is 0.840. The first-order valence-corrected chi connectivity index (χ1v) is 8.29. The highest BCUT2D eigenvalue weighted by Crippen LogP contribution is 2.27. The van der Waals surface area contributed by atoms with E-state index < -0.39 is 5.97 Å². The second kappa shape index (κ2) is 7.13. The van der Waals surface area contributed by atoms with Crippen LogP contribution in [-0.2, 0) is 4.79 Å². The monoisotopic (exact) mass is 357 g/mol. The third-order valence-electron chi connectivity index (χ3n) is 3.23. The van der Waals surface area contributed by atoms with E-state index in [0.717, 1.165) is 30.4 Å². The number of carboxylic acids is 1. The van der Waals surface area contributed by atoms with E-state index in [1.54, 1.807) is 18.2 Å². The lowest BCUT2D eigenvalue weighted by molar-refractivity contribution is -0.129. The summed E-state index contributed by atoms with van der Waals surface area (Å²) in [7, 11) is 0. The number of rotatable bonds is 4. The van der Waals surface area contributed by atoms with Gasteiger partial charge in [-0.2, -0.15) is 0 Å². The van der Waals surface area contributed by atoms with Gasteiger partial charge in [-0.15, -0.1) is 11.8 Å². The first-order valence-electron chi connectivity index (χ1n) is 6.51. The number of nitrogens with zero attached hydrogens (tertiary/aromatic N) is 1. The summed E-state index contributed by atoms with van der Waals surface area (Å²) in [6.07, 6.45) is 3.31. The standard InChI is InChI=1S/C14H16BrNO3S/c15-10-4-5-11(14(18)19)12(8-10)20-9-13(17)16-6-2-1-3-7-16/h4-5,8H,1-3,6-7,9H2,(H,18,19). The molecule has 1 heterocycles. The van der Waals surface area contributed by atoms with Gasteiger partial charge in [0.05, 0.1) is 11.3 Å². The van der Waals surface area contributed by atoms with Crippen molar-refractivity contribution in [3.8, 4) is 0 Å². The molecule has 1 aromatic rings. The Bertz CT molecular complexity index is 515. The van der Waals surface area contributed by atoms with E-state index in [9.17, 15) is 9.59 Å². The second-order valence-electron chi connectivity index (χ2n) is 4.68. The Balaban J connectivity index is 2.01. The van der Waals surface area contributed by atoms with Gasteiger partial charge in [0.2, 0.25) is 5.91 Å². The van der Waals surface area contributed by atoms with Crippen molar-refractivity contribution >= 4 is 39.6 Å². The van der Waals surface area contributed by atoms with Crippen LogP contribution in [0, 0.1) is 0 Å². The minimum absolute atomic E-state index is 0.0889. The van der Waals surface area contributed by atoms with Crippen molar-refractivity contribution in [1.29, 1.82) is 0 Å². The number of likely N-dealkylation sites (tertiary alicyclic amines) is 1. The van der Waals surface area contributed by atoms with Crippen molar-refractivity contribution in [2.45, 2.75) is 24.2 Å². The number of hydrogen-bond acceptors (Lipinski definition) is 3. The molecule has 6 heteroatoms. The Morgan fingerprint density at radius 2 is 1.95 bits per heavy atom. The molecule has 1 aliphatic rings. The molecule has 2 rings (SSSR count). The summed E-state index contributed by atoms with van der Waals surface area (Å²) in [5.74, 6) is -0.590. The molecule has 1 aromatic carbocycles.